The van der Waals surface area contributed by atoms with Crippen LogP contribution in [0.25, 0.3) is 21.8 Å². The minimum absolute atomic E-state index is 0.0327. The summed E-state index contributed by atoms with van der Waals surface area (Å²) >= 11 is 0. The van der Waals surface area contributed by atoms with E-state index in [-0.39, 0.29) is 11.7 Å². The molecule has 1 fully saturated rings. The van der Waals surface area contributed by atoms with Gasteiger partial charge in [-0.3, -0.25) is 4.79 Å². The van der Waals surface area contributed by atoms with Crippen molar-refractivity contribution in [3.8, 4) is 0 Å². The number of rotatable bonds is 3. The molecular weight excluding hydrogens is 304 g/mol. The van der Waals surface area contributed by atoms with Gasteiger partial charge in [0.2, 0.25) is 0 Å². The Hall–Kier alpha value is -2.24. The summed E-state index contributed by atoms with van der Waals surface area (Å²) in [5, 5.41) is 2.10. The molecule has 3 aromatic rings. The number of aromatic nitrogens is 2. The third-order valence-corrected chi connectivity index (χ3v) is 4.39. The summed E-state index contributed by atoms with van der Waals surface area (Å²) in [6, 6.07) is 9.88. The van der Waals surface area contributed by atoms with Crippen molar-refractivity contribution < 1.29 is 14.3 Å². The van der Waals surface area contributed by atoms with Crippen LogP contribution >= 0.6 is 0 Å². The molecule has 1 aromatic carbocycles. The van der Waals surface area contributed by atoms with Gasteiger partial charge in [-0.15, -0.1) is 0 Å². The van der Waals surface area contributed by atoms with E-state index in [1.54, 1.807) is 0 Å². The quantitative estimate of drug-likeness (QED) is 0.749. The minimum atomic E-state index is -0.331. The van der Waals surface area contributed by atoms with Crippen molar-refractivity contribution in [3.05, 3.63) is 41.7 Å². The smallest absolute Gasteiger partial charge is 0.168 e. The van der Waals surface area contributed by atoms with E-state index in [4.69, 9.17) is 9.47 Å². The second kappa shape index (κ2) is 5.69. The van der Waals surface area contributed by atoms with Crippen LogP contribution in [0.1, 0.15) is 30.0 Å². The van der Waals surface area contributed by atoms with Crippen molar-refractivity contribution in [1.82, 2.24) is 9.97 Å². The fourth-order valence-corrected chi connectivity index (χ4v) is 3.14. The summed E-state index contributed by atoms with van der Waals surface area (Å²) in [6.45, 7) is 5.54. The van der Waals surface area contributed by atoms with E-state index < -0.39 is 0 Å². The van der Waals surface area contributed by atoms with Crippen LogP contribution in [-0.2, 0) is 15.9 Å². The molecule has 0 amide bonds. The number of para-hydroxylation sites is 1. The molecule has 1 saturated heterocycles. The average Bonchev–Trinajstić information content (AvgIpc) is 2.95. The van der Waals surface area contributed by atoms with Gasteiger partial charge in [0.15, 0.2) is 12.6 Å². The summed E-state index contributed by atoms with van der Waals surface area (Å²) in [5.41, 5.74) is 3.24. The van der Waals surface area contributed by atoms with E-state index in [1.165, 1.54) is 0 Å². The molecule has 0 radical (unpaired) electrons. The van der Waals surface area contributed by atoms with Crippen molar-refractivity contribution in [2.24, 2.45) is 5.41 Å². The Morgan fingerprint density at radius 1 is 1.25 bits per heavy atom. The maximum atomic E-state index is 11.3. The molecule has 0 spiro atoms. The molecule has 5 heteroatoms. The lowest BCUT2D eigenvalue weighted by atomic mass is 9.95. The molecule has 1 aliphatic heterocycles. The molecule has 0 unspecified atom stereocenters. The summed E-state index contributed by atoms with van der Waals surface area (Å²) < 4.78 is 11.7. The number of carbonyl (C=O) groups is 1. The molecule has 0 aliphatic carbocycles. The Morgan fingerprint density at radius 3 is 2.75 bits per heavy atom. The zero-order valence-corrected chi connectivity index (χ0v) is 13.8. The molecule has 0 bridgehead atoms. The Bertz CT molecular complexity index is 904. The number of H-pyrrole nitrogens is 1. The van der Waals surface area contributed by atoms with Crippen molar-refractivity contribution in [2.75, 3.05) is 13.2 Å². The second-order valence-corrected chi connectivity index (χ2v) is 7.12. The summed E-state index contributed by atoms with van der Waals surface area (Å²) in [4.78, 5) is 19.2. The molecule has 3 heterocycles. The Morgan fingerprint density at radius 2 is 2.00 bits per heavy atom. The topological polar surface area (TPSA) is 64.2 Å². The number of fused-ring (bicyclic) bond motifs is 3. The van der Waals surface area contributed by atoms with Gasteiger partial charge in [0, 0.05) is 28.1 Å². The fraction of sp³-hybridized carbons (Fsp3) is 0.368. The molecule has 0 atom stereocenters. The summed E-state index contributed by atoms with van der Waals surface area (Å²) in [5.74, 6) is 0. The maximum Gasteiger partial charge on any atom is 0.168 e. The van der Waals surface area contributed by atoms with E-state index >= 15 is 0 Å². The normalized spacial score (nSPS) is 18.2. The van der Waals surface area contributed by atoms with E-state index in [1.807, 2.05) is 30.3 Å². The van der Waals surface area contributed by atoms with Crippen LogP contribution in [0.5, 0.6) is 0 Å². The number of hydrogen-bond acceptors (Lipinski definition) is 4. The predicted octanol–water partition coefficient (Wildman–Crippen LogP) is 3.47. The monoisotopic (exact) mass is 324 g/mol. The van der Waals surface area contributed by atoms with Crippen molar-refractivity contribution >= 4 is 28.1 Å². The van der Waals surface area contributed by atoms with E-state index in [9.17, 15) is 4.79 Å². The van der Waals surface area contributed by atoms with Gasteiger partial charge < -0.3 is 14.5 Å². The number of pyridine rings is 1. The molecule has 24 heavy (non-hydrogen) atoms. The first kappa shape index (κ1) is 15.3. The Labute approximate surface area is 140 Å². The molecule has 4 rings (SSSR count). The molecular formula is C19H20N2O3. The van der Waals surface area contributed by atoms with E-state index in [0.29, 0.717) is 25.3 Å². The van der Waals surface area contributed by atoms with Gasteiger partial charge in [-0.05, 0) is 12.1 Å². The van der Waals surface area contributed by atoms with E-state index in [2.05, 4.69) is 23.8 Å². The lowest BCUT2D eigenvalue weighted by molar-refractivity contribution is -0.220. The van der Waals surface area contributed by atoms with Gasteiger partial charge in [0.25, 0.3) is 0 Å². The van der Waals surface area contributed by atoms with Crippen LogP contribution in [0.2, 0.25) is 0 Å². The number of nitrogens with zero attached hydrogens (tertiary/aromatic N) is 1. The molecule has 2 aromatic heterocycles. The number of carbonyl (C=O) groups excluding carboxylic acids is 1. The molecule has 1 aliphatic rings. The first-order valence-electron chi connectivity index (χ1n) is 8.14. The van der Waals surface area contributed by atoms with Gasteiger partial charge >= 0.3 is 0 Å². The van der Waals surface area contributed by atoms with Gasteiger partial charge in [0.05, 0.1) is 24.4 Å². The van der Waals surface area contributed by atoms with Crippen LogP contribution in [0.3, 0.4) is 0 Å². The standard InChI is InChI=1S/C19H20N2O3/c1-19(2)10-23-17(24-11-19)8-16-18-14(7-12(9-22)20-16)13-5-3-4-6-15(13)21-18/h3-7,9,17,21H,8,10-11H2,1-2H3. The van der Waals surface area contributed by atoms with Crippen LogP contribution in [0.4, 0.5) is 0 Å². The number of benzene rings is 1. The molecule has 124 valence electrons. The highest BCUT2D eigenvalue weighted by molar-refractivity contribution is 6.08. The third kappa shape index (κ3) is 2.70. The average molecular weight is 324 g/mol. The summed E-state index contributed by atoms with van der Waals surface area (Å²) in [7, 11) is 0. The van der Waals surface area contributed by atoms with Gasteiger partial charge in [-0.1, -0.05) is 32.0 Å². The molecule has 0 saturated carbocycles. The minimum Gasteiger partial charge on any atom is -0.353 e. The van der Waals surface area contributed by atoms with Crippen molar-refractivity contribution in [2.45, 2.75) is 26.6 Å². The number of ether oxygens (including phenoxy) is 2. The Kier molecular flexibility index (Phi) is 3.62. The SMILES string of the molecule is CC1(C)COC(Cc2nc(C=O)cc3c2[nH]c2ccccc23)OC1. The number of aromatic amines is 1. The lowest BCUT2D eigenvalue weighted by Crippen LogP contribution is -2.38. The third-order valence-electron chi connectivity index (χ3n) is 4.39. The number of nitrogens with one attached hydrogen (secondary N) is 1. The first-order valence-corrected chi connectivity index (χ1v) is 8.14. The highest BCUT2D eigenvalue weighted by atomic mass is 16.7. The fourth-order valence-electron chi connectivity index (χ4n) is 3.14. The maximum absolute atomic E-state index is 11.3. The summed E-state index contributed by atoms with van der Waals surface area (Å²) in [6.07, 6.45) is 0.972. The van der Waals surface area contributed by atoms with Crippen LogP contribution in [-0.4, -0.2) is 35.8 Å². The predicted molar refractivity (Wildman–Crippen MR) is 92.2 cm³/mol. The van der Waals surface area contributed by atoms with Gasteiger partial charge in [-0.2, -0.15) is 0 Å². The van der Waals surface area contributed by atoms with Gasteiger partial charge in [-0.25, -0.2) is 4.98 Å². The Balaban J connectivity index is 1.75. The number of aldehydes is 1. The van der Waals surface area contributed by atoms with Crippen LogP contribution in [0, 0.1) is 5.41 Å². The zero-order valence-electron chi connectivity index (χ0n) is 13.8. The largest absolute Gasteiger partial charge is 0.353 e. The second-order valence-electron chi connectivity index (χ2n) is 7.12. The highest BCUT2D eigenvalue weighted by Gasteiger charge is 2.29. The van der Waals surface area contributed by atoms with Crippen LogP contribution in [0.15, 0.2) is 30.3 Å². The van der Waals surface area contributed by atoms with Crippen molar-refractivity contribution in [3.63, 3.8) is 0 Å². The van der Waals surface area contributed by atoms with Crippen molar-refractivity contribution in [1.29, 1.82) is 0 Å². The first-order chi connectivity index (χ1) is 11.6. The van der Waals surface area contributed by atoms with Gasteiger partial charge in [0.1, 0.15) is 5.69 Å². The number of hydrogen-bond donors (Lipinski definition) is 1. The highest BCUT2D eigenvalue weighted by Crippen LogP contribution is 2.30. The zero-order chi connectivity index (χ0) is 16.7. The molecule has 5 nitrogen and oxygen atoms in total. The lowest BCUT2D eigenvalue weighted by Gasteiger charge is -2.34. The molecule has 1 N–H and O–H groups in total. The van der Waals surface area contributed by atoms with E-state index in [0.717, 1.165) is 33.8 Å². The van der Waals surface area contributed by atoms with Crippen LogP contribution < -0.4 is 0 Å².